The maximum Gasteiger partial charge on any atom is 0.335 e. The van der Waals surface area contributed by atoms with Crippen LogP contribution in [0, 0.1) is 0 Å². The Hall–Kier alpha value is -3.52. The lowest BCUT2D eigenvalue weighted by Gasteiger charge is -2.16. The number of carboxylic acids is 2. The van der Waals surface area contributed by atoms with Crippen molar-refractivity contribution in [1.29, 1.82) is 0 Å². The minimum absolute atomic E-state index is 0.212. The molecular weight excluding hydrogens is 386 g/mol. The molecule has 0 saturated carbocycles. The van der Waals surface area contributed by atoms with Crippen molar-refractivity contribution in [3.63, 3.8) is 0 Å². The molecule has 0 amide bonds. The van der Waals surface area contributed by atoms with E-state index in [4.69, 9.17) is 21.1 Å². The van der Waals surface area contributed by atoms with Crippen molar-refractivity contribution in [1.82, 2.24) is 0 Å². The monoisotopic (exact) mass is 411 g/mol. The van der Waals surface area contributed by atoms with Crippen LogP contribution < -0.4 is 5.73 Å². The highest BCUT2D eigenvalue weighted by Crippen LogP contribution is 2.14. The van der Waals surface area contributed by atoms with Gasteiger partial charge in [-0.3, -0.25) is 0 Å². The van der Waals surface area contributed by atoms with Crippen molar-refractivity contribution in [2.75, 3.05) is 6.61 Å². The van der Waals surface area contributed by atoms with Gasteiger partial charge >= 0.3 is 11.9 Å². The molecule has 7 nitrogen and oxygen atoms in total. The van der Waals surface area contributed by atoms with E-state index in [1.165, 1.54) is 0 Å². The summed E-state index contributed by atoms with van der Waals surface area (Å²) in [7, 11) is 0. The first kappa shape index (κ1) is 24.5. The summed E-state index contributed by atoms with van der Waals surface area (Å²) < 4.78 is 0. The molecule has 0 aliphatic carbocycles. The van der Waals surface area contributed by atoms with E-state index in [1.807, 2.05) is 18.2 Å². The average molecular weight is 411 g/mol. The number of aliphatic hydroxyl groups is 2. The molecule has 158 valence electrons. The molecule has 0 fully saturated rings. The Balaban J connectivity index is 0.000000229. The maximum atomic E-state index is 10.2. The van der Waals surface area contributed by atoms with Crippen LogP contribution in [-0.4, -0.2) is 45.0 Å². The van der Waals surface area contributed by atoms with Gasteiger partial charge in [-0.05, 0) is 29.8 Å². The molecule has 0 spiro atoms. The highest BCUT2D eigenvalue weighted by atomic mass is 16.4. The fourth-order valence-electron chi connectivity index (χ4n) is 2.16. The van der Waals surface area contributed by atoms with Gasteiger partial charge in [-0.25, -0.2) is 9.59 Å². The van der Waals surface area contributed by atoms with E-state index >= 15 is 0 Å². The first-order valence-electron chi connectivity index (χ1n) is 9.03. The predicted octanol–water partition coefficient (Wildman–Crippen LogP) is 2.81. The first-order chi connectivity index (χ1) is 14.4. The Labute approximate surface area is 174 Å². The molecule has 6 N–H and O–H groups in total. The van der Waals surface area contributed by atoms with Gasteiger partial charge in [0.2, 0.25) is 0 Å². The van der Waals surface area contributed by atoms with E-state index in [0.717, 1.165) is 5.56 Å². The van der Waals surface area contributed by atoms with Gasteiger partial charge in [0, 0.05) is 0 Å². The normalized spacial score (nSPS) is 11.6. The van der Waals surface area contributed by atoms with Crippen LogP contribution in [0.5, 0.6) is 0 Å². The molecule has 0 aliphatic heterocycles. The van der Waals surface area contributed by atoms with E-state index < -0.39 is 24.1 Å². The first-order valence-corrected chi connectivity index (χ1v) is 9.03. The number of hydrogen-bond donors (Lipinski definition) is 5. The van der Waals surface area contributed by atoms with E-state index in [9.17, 15) is 14.7 Å². The number of hydrogen-bond acceptors (Lipinski definition) is 5. The number of aromatic carboxylic acids is 2. The molecular formula is C23H25NO6. The third-order valence-corrected chi connectivity index (χ3v) is 3.80. The number of nitrogens with two attached hydrogens (primary N) is 1. The molecule has 3 aromatic carbocycles. The van der Waals surface area contributed by atoms with Crippen molar-refractivity contribution in [3.8, 4) is 0 Å². The maximum absolute atomic E-state index is 10.2. The molecule has 0 saturated heterocycles. The Morgan fingerprint density at radius 1 is 0.700 bits per heavy atom. The standard InChI is InChI=1S/C9H13NO2.2C7H6O2/c10-8(6-11)9(12)7-4-2-1-3-5-7;2*8-7(9)6-4-2-1-3-5-6/h1-5,8-9,11-12H,6,10H2;2*1-5H,(H,8,9). The van der Waals surface area contributed by atoms with Crippen LogP contribution in [0.3, 0.4) is 0 Å². The number of carboxylic acid groups (broad SMARTS) is 2. The van der Waals surface area contributed by atoms with Crippen LogP contribution >= 0.6 is 0 Å². The van der Waals surface area contributed by atoms with E-state index in [-0.39, 0.29) is 6.61 Å². The molecule has 3 aromatic rings. The van der Waals surface area contributed by atoms with Gasteiger partial charge in [-0.15, -0.1) is 0 Å². The molecule has 2 unspecified atom stereocenters. The summed E-state index contributed by atoms with van der Waals surface area (Å²) in [6, 6.07) is 25.0. The molecule has 0 radical (unpaired) electrons. The van der Waals surface area contributed by atoms with Gasteiger partial charge < -0.3 is 26.2 Å². The largest absolute Gasteiger partial charge is 0.478 e. The second-order valence-corrected chi connectivity index (χ2v) is 6.04. The molecule has 0 aliphatic rings. The molecule has 0 heterocycles. The Morgan fingerprint density at radius 3 is 1.30 bits per heavy atom. The van der Waals surface area contributed by atoms with Crippen LogP contribution in [-0.2, 0) is 0 Å². The van der Waals surface area contributed by atoms with E-state index in [2.05, 4.69) is 0 Å². The highest BCUT2D eigenvalue weighted by molar-refractivity contribution is 5.87. The van der Waals surface area contributed by atoms with Crippen LogP contribution in [0.25, 0.3) is 0 Å². The van der Waals surface area contributed by atoms with Crippen LogP contribution in [0.1, 0.15) is 32.4 Å². The highest BCUT2D eigenvalue weighted by Gasteiger charge is 2.14. The van der Waals surface area contributed by atoms with Crippen molar-refractivity contribution < 1.29 is 30.0 Å². The number of benzene rings is 3. The Kier molecular flexibility index (Phi) is 11.1. The summed E-state index contributed by atoms with van der Waals surface area (Å²) >= 11 is 0. The SMILES string of the molecule is NC(CO)C(O)c1ccccc1.O=C(O)c1ccccc1.O=C(O)c1ccccc1. The third-order valence-electron chi connectivity index (χ3n) is 3.80. The molecule has 3 rings (SSSR count). The summed E-state index contributed by atoms with van der Waals surface area (Å²) in [5, 5.41) is 35.0. The Bertz CT molecular complexity index is 822. The van der Waals surface area contributed by atoms with Gasteiger partial charge in [0.25, 0.3) is 0 Å². The second kappa shape index (κ2) is 13.6. The van der Waals surface area contributed by atoms with Crippen molar-refractivity contribution in [2.45, 2.75) is 12.1 Å². The molecule has 0 aromatic heterocycles. The van der Waals surface area contributed by atoms with E-state index in [1.54, 1.807) is 72.8 Å². The summed E-state index contributed by atoms with van der Waals surface area (Å²) in [5.74, 6) is -1.76. The minimum Gasteiger partial charge on any atom is -0.478 e. The molecule has 30 heavy (non-hydrogen) atoms. The summed E-state index contributed by atoms with van der Waals surface area (Å²) in [6.45, 7) is -0.212. The molecule has 7 heteroatoms. The van der Waals surface area contributed by atoms with E-state index in [0.29, 0.717) is 11.1 Å². The van der Waals surface area contributed by atoms with Gasteiger partial charge in [-0.1, -0.05) is 66.7 Å². The summed E-state index contributed by atoms with van der Waals surface area (Å²) in [4.78, 5) is 20.4. The lowest BCUT2D eigenvalue weighted by Crippen LogP contribution is -2.31. The number of rotatable bonds is 5. The van der Waals surface area contributed by atoms with Gasteiger partial charge in [0.15, 0.2) is 0 Å². The van der Waals surface area contributed by atoms with Gasteiger partial charge in [-0.2, -0.15) is 0 Å². The second-order valence-electron chi connectivity index (χ2n) is 6.04. The van der Waals surface area contributed by atoms with Crippen molar-refractivity contribution in [2.24, 2.45) is 5.73 Å². The zero-order chi connectivity index (χ0) is 22.4. The predicted molar refractivity (Wildman–Crippen MR) is 113 cm³/mol. The Morgan fingerprint density at radius 2 is 1.03 bits per heavy atom. The zero-order valence-electron chi connectivity index (χ0n) is 16.2. The number of aliphatic hydroxyl groups excluding tert-OH is 2. The lowest BCUT2D eigenvalue weighted by atomic mass is 10.0. The zero-order valence-corrected chi connectivity index (χ0v) is 16.2. The number of carbonyl (C=O) groups is 2. The fraction of sp³-hybridized carbons (Fsp3) is 0.130. The van der Waals surface area contributed by atoms with Gasteiger partial charge in [0.1, 0.15) is 0 Å². The average Bonchev–Trinajstić information content (AvgIpc) is 2.80. The summed E-state index contributed by atoms with van der Waals surface area (Å²) in [6.07, 6.45) is -0.781. The molecule has 2 atom stereocenters. The third kappa shape index (κ3) is 9.11. The van der Waals surface area contributed by atoms with Crippen LogP contribution in [0.4, 0.5) is 0 Å². The van der Waals surface area contributed by atoms with Crippen molar-refractivity contribution >= 4 is 11.9 Å². The lowest BCUT2D eigenvalue weighted by molar-refractivity contribution is 0.0686. The van der Waals surface area contributed by atoms with Crippen LogP contribution in [0.15, 0.2) is 91.0 Å². The fourth-order valence-corrected chi connectivity index (χ4v) is 2.16. The van der Waals surface area contributed by atoms with Crippen LogP contribution in [0.2, 0.25) is 0 Å². The summed E-state index contributed by atoms with van der Waals surface area (Å²) in [5.41, 5.74) is 6.85. The molecule has 0 bridgehead atoms. The quantitative estimate of drug-likeness (QED) is 0.435. The van der Waals surface area contributed by atoms with Gasteiger partial charge in [0.05, 0.1) is 29.9 Å². The topological polar surface area (TPSA) is 141 Å². The van der Waals surface area contributed by atoms with Crippen molar-refractivity contribution in [3.05, 3.63) is 108 Å². The minimum atomic E-state index is -0.879. The smallest absolute Gasteiger partial charge is 0.335 e.